The molecule has 0 aliphatic carbocycles. The molecule has 1 aromatic heterocycles. The van der Waals surface area contributed by atoms with Gasteiger partial charge in [0, 0.05) is 18.2 Å². The van der Waals surface area contributed by atoms with Gasteiger partial charge in [-0.2, -0.15) is 5.10 Å². The fraction of sp³-hybridized carbons (Fsp3) is 0.471. The van der Waals surface area contributed by atoms with Crippen molar-refractivity contribution in [2.45, 2.75) is 46.4 Å². The van der Waals surface area contributed by atoms with E-state index in [1.54, 1.807) is 0 Å². The summed E-state index contributed by atoms with van der Waals surface area (Å²) in [6.45, 7) is 7.69. The molecular weight excluding hydrogens is 262 g/mol. The third-order valence-corrected chi connectivity index (χ3v) is 3.71. The van der Waals surface area contributed by atoms with Crippen LogP contribution in [-0.2, 0) is 13.2 Å². The van der Waals surface area contributed by atoms with Crippen LogP contribution in [0.25, 0.3) is 0 Å². The minimum Gasteiger partial charge on any atom is -0.487 e. The molecule has 0 bridgehead atoms. The Bertz CT molecular complexity index is 573. The summed E-state index contributed by atoms with van der Waals surface area (Å²) in [5.41, 5.74) is 3.36. The third-order valence-electron chi connectivity index (χ3n) is 3.71. The van der Waals surface area contributed by atoms with E-state index in [4.69, 9.17) is 4.74 Å². The average molecular weight is 287 g/mol. The number of nitrogens with zero attached hydrogens (tertiary/aromatic N) is 2. The standard InChI is InChI=1S/C17H25N3O/c1-5-16(18-4)15-9-7-8-10-17(15)21-12-14-11-13(3)19-20(14)6-2/h7-11,16,18H,5-6,12H2,1-4H3. The van der Waals surface area contributed by atoms with Crippen LogP contribution >= 0.6 is 0 Å². The van der Waals surface area contributed by atoms with Crippen LogP contribution in [-0.4, -0.2) is 16.8 Å². The quantitative estimate of drug-likeness (QED) is 0.847. The maximum atomic E-state index is 6.06. The molecule has 2 aromatic rings. The lowest BCUT2D eigenvalue weighted by molar-refractivity contribution is 0.286. The Balaban J connectivity index is 2.16. The maximum absolute atomic E-state index is 6.06. The lowest BCUT2D eigenvalue weighted by Gasteiger charge is -2.18. The molecule has 0 fully saturated rings. The highest BCUT2D eigenvalue weighted by Gasteiger charge is 2.13. The normalized spacial score (nSPS) is 12.4. The topological polar surface area (TPSA) is 39.1 Å². The van der Waals surface area contributed by atoms with Crippen molar-refractivity contribution < 1.29 is 4.74 Å². The predicted molar refractivity (Wildman–Crippen MR) is 85.5 cm³/mol. The number of rotatable bonds is 7. The van der Waals surface area contributed by atoms with E-state index in [0.29, 0.717) is 12.6 Å². The third kappa shape index (κ3) is 3.64. The van der Waals surface area contributed by atoms with Crippen molar-refractivity contribution in [3.63, 3.8) is 0 Å². The lowest BCUT2D eigenvalue weighted by atomic mass is 10.0. The number of aryl methyl sites for hydroxylation is 2. The minimum absolute atomic E-state index is 0.319. The van der Waals surface area contributed by atoms with Crippen LogP contribution in [0.4, 0.5) is 0 Å². The molecule has 4 heteroatoms. The van der Waals surface area contributed by atoms with Crippen LogP contribution in [0.15, 0.2) is 30.3 Å². The molecule has 0 saturated heterocycles. The summed E-state index contributed by atoms with van der Waals surface area (Å²) in [5, 5.41) is 7.79. The molecule has 1 aromatic carbocycles. The molecule has 4 nitrogen and oxygen atoms in total. The van der Waals surface area contributed by atoms with E-state index in [9.17, 15) is 0 Å². The van der Waals surface area contributed by atoms with Crippen LogP contribution in [0.2, 0.25) is 0 Å². The van der Waals surface area contributed by atoms with Gasteiger partial charge in [0.15, 0.2) is 0 Å². The summed E-state index contributed by atoms with van der Waals surface area (Å²) >= 11 is 0. The van der Waals surface area contributed by atoms with Crippen molar-refractivity contribution in [3.05, 3.63) is 47.3 Å². The maximum Gasteiger partial charge on any atom is 0.130 e. The Morgan fingerprint density at radius 2 is 2.05 bits per heavy atom. The highest BCUT2D eigenvalue weighted by molar-refractivity contribution is 5.36. The monoisotopic (exact) mass is 287 g/mol. The first-order chi connectivity index (χ1) is 10.2. The number of hydrogen-bond donors (Lipinski definition) is 1. The SMILES string of the molecule is CCC(NC)c1ccccc1OCc1cc(C)nn1CC. The second kappa shape index (κ2) is 7.27. The lowest BCUT2D eigenvalue weighted by Crippen LogP contribution is -2.16. The zero-order chi connectivity index (χ0) is 15.2. The number of ether oxygens (including phenoxy) is 1. The Morgan fingerprint density at radius 3 is 2.71 bits per heavy atom. The molecule has 0 radical (unpaired) electrons. The van der Waals surface area contributed by atoms with Gasteiger partial charge < -0.3 is 10.1 Å². The van der Waals surface area contributed by atoms with E-state index in [-0.39, 0.29) is 0 Å². The second-order valence-electron chi connectivity index (χ2n) is 5.17. The van der Waals surface area contributed by atoms with E-state index in [1.807, 2.05) is 30.8 Å². The number of nitrogens with one attached hydrogen (secondary N) is 1. The summed E-state index contributed by atoms with van der Waals surface area (Å²) in [4.78, 5) is 0. The van der Waals surface area contributed by atoms with Gasteiger partial charge in [0.05, 0.1) is 11.4 Å². The molecule has 0 saturated carbocycles. The molecule has 1 atom stereocenters. The summed E-state index contributed by atoms with van der Waals surface area (Å²) < 4.78 is 8.06. The van der Waals surface area contributed by atoms with Gasteiger partial charge in [0.1, 0.15) is 12.4 Å². The van der Waals surface area contributed by atoms with Gasteiger partial charge in [-0.15, -0.1) is 0 Å². The molecular formula is C17H25N3O. The molecule has 1 heterocycles. The summed E-state index contributed by atoms with van der Waals surface area (Å²) in [5.74, 6) is 0.945. The van der Waals surface area contributed by atoms with Gasteiger partial charge in [-0.25, -0.2) is 0 Å². The molecule has 0 aliphatic rings. The van der Waals surface area contributed by atoms with Crippen molar-refractivity contribution >= 4 is 0 Å². The first kappa shape index (κ1) is 15.6. The average Bonchev–Trinajstić information content (AvgIpc) is 2.87. The number of hydrogen-bond acceptors (Lipinski definition) is 3. The van der Waals surface area contributed by atoms with E-state index >= 15 is 0 Å². The zero-order valence-corrected chi connectivity index (χ0v) is 13.4. The van der Waals surface area contributed by atoms with E-state index in [0.717, 1.165) is 30.1 Å². The van der Waals surface area contributed by atoms with Gasteiger partial charge >= 0.3 is 0 Å². The fourth-order valence-electron chi connectivity index (χ4n) is 2.62. The Kier molecular flexibility index (Phi) is 5.39. The van der Waals surface area contributed by atoms with Crippen LogP contribution < -0.4 is 10.1 Å². The largest absolute Gasteiger partial charge is 0.487 e. The smallest absolute Gasteiger partial charge is 0.130 e. The van der Waals surface area contributed by atoms with Crippen molar-refractivity contribution in [2.24, 2.45) is 0 Å². The van der Waals surface area contributed by atoms with Gasteiger partial charge in [-0.05, 0) is 39.4 Å². The first-order valence-corrected chi connectivity index (χ1v) is 7.61. The summed E-state index contributed by atoms with van der Waals surface area (Å²) in [6, 6.07) is 10.6. The van der Waals surface area contributed by atoms with Crippen LogP contribution in [0.1, 0.15) is 43.3 Å². The second-order valence-corrected chi connectivity index (χ2v) is 5.17. The Hall–Kier alpha value is -1.81. The van der Waals surface area contributed by atoms with E-state index < -0.39 is 0 Å². The predicted octanol–water partition coefficient (Wildman–Crippen LogP) is 3.46. The zero-order valence-electron chi connectivity index (χ0n) is 13.4. The van der Waals surface area contributed by atoms with Crippen molar-refractivity contribution in [3.8, 4) is 5.75 Å². The van der Waals surface area contributed by atoms with Crippen LogP contribution in [0, 0.1) is 6.92 Å². The van der Waals surface area contributed by atoms with Crippen molar-refractivity contribution in [2.75, 3.05) is 7.05 Å². The van der Waals surface area contributed by atoms with E-state index in [1.165, 1.54) is 5.56 Å². The minimum atomic E-state index is 0.319. The molecule has 0 amide bonds. The first-order valence-electron chi connectivity index (χ1n) is 7.61. The van der Waals surface area contributed by atoms with E-state index in [2.05, 4.69) is 42.5 Å². The van der Waals surface area contributed by atoms with Crippen LogP contribution in [0.5, 0.6) is 5.75 Å². The van der Waals surface area contributed by atoms with Gasteiger partial charge in [-0.1, -0.05) is 25.1 Å². The van der Waals surface area contributed by atoms with Crippen molar-refractivity contribution in [1.29, 1.82) is 0 Å². The van der Waals surface area contributed by atoms with Gasteiger partial charge in [-0.3, -0.25) is 4.68 Å². The van der Waals surface area contributed by atoms with Crippen molar-refractivity contribution in [1.82, 2.24) is 15.1 Å². The van der Waals surface area contributed by atoms with Gasteiger partial charge in [0.25, 0.3) is 0 Å². The molecule has 21 heavy (non-hydrogen) atoms. The molecule has 0 aliphatic heterocycles. The van der Waals surface area contributed by atoms with Crippen LogP contribution in [0.3, 0.4) is 0 Å². The molecule has 1 N–H and O–H groups in total. The Labute approximate surface area is 127 Å². The van der Waals surface area contributed by atoms with Gasteiger partial charge in [0.2, 0.25) is 0 Å². The highest BCUT2D eigenvalue weighted by Crippen LogP contribution is 2.27. The number of aromatic nitrogens is 2. The molecule has 2 rings (SSSR count). The summed E-state index contributed by atoms with van der Waals surface area (Å²) in [7, 11) is 1.99. The fourth-order valence-corrected chi connectivity index (χ4v) is 2.62. The summed E-state index contributed by atoms with van der Waals surface area (Å²) in [6.07, 6.45) is 1.03. The molecule has 114 valence electrons. The number of benzene rings is 1. The highest BCUT2D eigenvalue weighted by atomic mass is 16.5. The molecule has 1 unspecified atom stereocenters. The molecule has 0 spiro atoms. The number of para-hydroxylation sites is 1. The Morgan fingerprint density at radius 1 is 1.29 bits per heavy atom.